The van der Waals surface area contributed by atoms with Gasteiger partial charge in [0.15, 0.2) is 11.5 Å². The number of benzene rings is 1. The zero-order valence-corrected chi connectivity index (χ0v) is 13.3. The number of pyridine rings is 2. The predicted molar refractivity (Wildman–Crippen MR) is 92.6 cm³/mol. The van der Waals surface area contributed by atoms with Crippen LogP contribution in [0.3, 0.4) is 0 Å². The molecule has 4 aromatic rings. The highest BCUT2D eigenvalue weighted by Crippen LogP contribution is 2.26. The van der Waals surface area contributed by atoms with Gasteiger partial charge >= 0.3 is 0 Å². The van der Waals surface area contributed by atoms with E-state index in [0.29, 0.717) is 22.9 Å². The highest BCUT2D eigenvalue weighted by Gasteiger charge is 2.13. The molecule has 0 saturated carbocycles. The lowest BCUT2D eigenvalue weighted by atomic mass is 10.1. The van der Waals surface area contributed by atoms with Crippen molar-refractivity contribution in [3.8, 4) is 28.4 Å². The zero-order chi connectivity index (χ0) is 17.4. The van der Waals surface area contributed by atoms with Gasteiger partial charge in [0.05, 0.1) is 12.7 Å². The van der Waals surface area contributed by atoms with E-state index in [1.807, 2.05) is 12.1 Å². The van der Waals surface area contributed by atoms with Crippen LogP contribution < -0.4 is 10.5 Å². The summed E-state index contributed by atoms with van der Waals surface area (Å²) in [6, 6.07) is 13.6. The third kappa shape index (κ3) is 2.65. The first kappa shape index (κ1) is 15.1. The highest BCUT2D eigenvalue weighted by molar-refractivity contribution is 5.72. The molecule has 0 aliphatic heterocycles. The summed E-state index contributed by atoms with van der Waals surface area (Å²) in [5.74, 6) is 0.840. The lowest BCUT2D eigenvalue weighted by Gasteiger charge is -2.05. The van der Waals surface area contributed by atoms with Gasteiger partial charge in [-0.2, -0.15) is 4.52 Å². The molecule has 6 nitrogen and oxygen atoms in total. The summed E-state index contributed by atoms with van der Waals surface area (Å²) < 4.78 is 20.5. The number of nitrogen functional groups attached to an aromatic ring is 1. The van der Waals surface area contributed by atoms with Gasteiger partial charge in [0, 0.05) is 17.8 Å². The molecule has 0 aliphatic carbocycles. The second kappa shape index (κ2) is 5.86. The van der Waals surface area contributed by atoms with E-state index in [0.717, 1.165) is 11.1 Å². The predicted octanol–water partition coefficient (Wildman–Crippen LogP) is 3.19. The molecule has 0 aliphatic rings. The number of hydrogen-bond donors (Lipinski definition) is 1. The monoisotopic (exact) mass is 335 g/mol. The van der Waals surface area contributed by atoms with E-state index in [9.17, 15) is 4.39 Å². The molecule has 124 valence electrons. The Labute approximate surface area is 142 Å². The van der Waals surface area contributed by atoms with Gasteiger partial charge in [0.2, 0.25) is 5.88 Å². The minimum Gasteiger partial charge on any atom is -0.481 e. The van der Waals surface area contributed by atoms with E-state index in [4.69, 9.17) is 10.5 Å². The van der Waals surface area contributed by atoms with Crippen LogP contribution in [0.5, 0.6) is 5.88 Å². The average Bonchev–Trinajstić information content (AvgIpc) is 3.07. The molecule has 2 N–H and O–H groups in total. The molecule has 0 atom stereocenters. The van der Waals surface area contributed by atoms with E-state index in [-0.39, 0.29) is 11.6 Å². The summed E-state index contributed by atoms with van der Waals surface area (Å²) in [4.78, 5) is 8.60. The maximum absolute atomic E-state index is 14.0. The van der Waals surface area contributed by atoms with E-state index in [1.54, 1.807) is 43.6 Å². The Kier molecular flexibility index (Phi) is 3.53. The number of rotatable bonds is 3. The summed E-state index contributed by atoms with van der Waals surface area (Å²) in [5, 5.41) is 4.31. The minimum atomic E-state index is -0.378. The Hall–Kier alpha value is -3.48. The van der Waals surface area contributed by atoms with Gasteiger partial charge in [0.1, 0.15) is 11.6 Å². The number of fused-ring (bicyclic) bond motifs is 1. The van der Waals surface area contributed by atoms with Crippen LogP contribution in [0.4, 0.5) is 10.2 Å². The first-order valence-corrected chi connectivity index (χ1v) is 7.57. The number of nitrogens with zero attached hydrogens (tertiary/aromatic N) is 4. The van der Waals surface area contributed by atoms with Crippen LogP contribution in [0, 0.1) is 5.82 Å². The van der Waals surface area contributed by atoms with Crippen LogP contribution >= 0.6 is 0 Å². The van der Waals surface area contributed by atoms with Crippen molar-refractivity contribution >= 4 is 11.5 Å². The van der Waals surface area contributed by atoms with Gasteiger partial charge in [-0.25, -0.2) is 14.4 Å². The number of methoxy groups -OCH3 is 1. The first-order valence-electron chi connectivity index (χ1n) is 7.57. The quantitative estimate of drug-likeness (QED) is 0.622. The fourth-order valence-corrected chi connectivity index (χ4v) is 2.60. The Bertz CT molecular complexity index is 1060. The van der Waals surface area contributed by atoms with Crippen LogP contribution in [0.1, 0.15) is 0 Å². The normalized spacial score (nSPS) is 11.0. The molecule has 0 bridgehead atoms. The minimum absolute atomic E-state index is 0.287. The van der Waals surface area contributed by atoms with Crippen molar-refractivity contribution in [1.82, 2.24) is 19.6 Å². The SMILES string of the molecule is COc1ccc(-c2cc(N)n3nc(-c4ccccc4F)nc3c2)cn1. The largest absolute Gasteiger partial charge is 0.481 e. The second-order valence-corrected chi connectivity index (χ2v) is 5.44. The molecule has 0 amide bonds. The van der Waals surface area contributed by atoms with Gasteiger partial charge in [0.25, 0.3) is 0 Å². The summed E-state index contributed by atoms with van der Waals surface area (Å²) in [6.45, 7) is 0. The fourth-order valence-electron chi connectivity index (χ4n) is 2.60. The van der Waals surface area contributed by atoms with Crippen LogP contribution in [-0.2, 0) is 0 Å². The molecule has 0 unspecified atom stereocenters. The van der Waals surface area contributed by atoms with E-state index >= 15 is 0 Å². The number of halogens is 1. The molecular weight excluding hydrogens is 321 g/mol. The lowest BCUT2D eigenvalue weighted by molar-refractivity contribution is 0.398. The fraction of sp³-hybridized carbons (Fsp3) is 0.0556. The van der Waals surface area contributed by atoms with Crippen molar-refractivity contribution in [2.45, 2.75) is 0 Å². The third-order valence-corrected chi connectivity index (χ3v) is 3.86. The number of nitrogens with two attached hydrogens (primary N) is 1. The molecule has 1 aromatic carbocycles. The van der Waals surface area contributed by atoms with Crippen molar-refractivity contribution in [2.75, 3.05) is 12.8 Å². The Balaban J connectivity index is 1.83. The molecule has 4 rings (SSSR count). The van der Waals surface area contributed by atoms with E-state index < -0.39 is 0 Å². The van der Waals surface area contributed by atoms with Gasteiger partial charge in [-0.05, 0) is 35.9 Å². The topological polar surface area (TPSA) is 78.3 Å². The van der Waals surface area contributed by atoms with Crippen molar-refractivity contribution in [3.05, 3.63) is 60.5 Å². The molecular formula is C18H14FN5O. The third-order valence-electron chi connectivity index (χ3n) is 3.86. The molecule has 3 heterocycles. The molecule has 25 heavy (non-hydrogen) atoms. The van der Waals surface area contributed by atoms with Crippen molar-refractivity contribution in [3.63, 3.8) is 0 Å². The summed E-state index contributed by atoms with van der Waals surface area (Å²) >= 11 is 0. The summed E-state index contributed by atoms with van der Waals surface area (Å²) in [6.07, 6.45) is 1.69. The van der Waals surface area contributed by atoms with Crippen LogP contribution in [-0.4, -0.2) is 26.7 Å². The smallest absolute Gasteiger partial charge is 0.212 e. The van der Waals surface area contributed by atoms with Crippen LogP contribution in [0.25, 0.3) is 28.2 Å². The van der Waals surface area contributed by atoms with Crippen LogP contribution in [0.15, 0.2) is 54.7 Å². The molecule has 0 fully saturated rings. The molecule has 0 radical (unpaired) electrons. The van der Waals surface area contributed by atoms with Crippen molar-refractivity contribution in [1.29, 1.82) is 0 Å². The Morgan fingerprint density at radius 1 is 1.08 bits per heavy atom. The van der Waals surface area contributed by atoms with Gasteiger partial charge in [-0.3, -0.25) is 0 Å². The maximum atomic E-state index is 14.0. The van der Waals surface area contributed by atoms with Gasteiger partial charge in [-0.15, -0.1) is 5.10 Å². The average molecular weight is 335 g/mol. The maximum Gasteiger partial charge on any atom is 0.212 e. The number of ether oxygens (including phenoxy) is 1. The zero-order valence-electron chi connectivity index (χ0n) is 13.3. The summed E-state index contributed by atoms with van der Waals surface area (Å²) in [7, 11) is 1.56. The van der Waals surface area contributed by atoms with E-state index in [1.165, 1.54) is 10.6 Å². The number of hydrogen-bond acceptors (Lipinski definition) is 5. The molecule has 0 saturated heterocycles. The van der Waals surface area contributed by atoms with Gasteiger partial charge < -0.3 is 10.5 Å². The molecule has 3 aromatic heterocycles. The van der Waals surface area contributed by atoms with Crippen molar-refractivity contribution < 1.29 is 9.13 Å². The lowest BCUT2D eigenvalue weighted by Crippen LogP contribution is -1.99. The number of anilines is 1. The Morgan fingerprint density at radius 3 is 2.64 bits per heavy atom. The Morgan fingerprint density at radius 2 is 1.92 bits per heavy atom. The van der Waals surface area contributed by atoms with Crippen molar-refractivity contribution in [2.24, 2.45) is 0 Å². The standard InChI is InChI=1S/C18H14FN5O/c1-25-17-7-6-11(10-21-17)12-8-15(20)24-16(9-12)22-18(23-24)13-4-2-3-5-14(13)19/h2-10H,20H2,1H3. The highest BCUT2D eigenvalue weighted by atomic mass is 19.1. The second-order valence-electron chi connectivity index (χ2n) is 5.44. The molecule has 0 spiro atoms. The molecule has 7 heteroatoms. The number of aromatic nitrogens is 4. The van der Waals surface area contributed by atoms with E-state index in [2.05, 4.69) is 15.1 Å². The van der Waals surface area contributed by atoms with Crippen LogP contribution in [0.2, 0.25) is 0 Å². The van der Waals surface area contributed by atoms with Gasteiger partial charge in [-0.1, -0.05) is 12.1 Å². The summed E-state index contributed by atoms with van der Waals surface area (Å²) in [5.41, 5.74) is 8.67. The first-order chi connectivity index (χ1) is 12.2.